The van der Waals surface area contributed by atoms with E-state index >= 15 is 0 Å². The molecule has 1 heterocycles. The first-order valence-corrected chi connectivity index (χ1v) is 8.44. The fourth-order valence-corrected chi connectivity index (χ4v) is 4.30. The van der Waals surface area contributed by atoms with Gasteiger partial charge in [0.2, 0.25) is 15.9 Å². The maximum absolute atomic E-state index is 13.5. The molecule has 1 fully saturated rings. The average molecular weight is 344 g/mol. The Kier molecular flexibility index (Phi) is 4.71. The van der Waals surface area contributed by atoms with Crippen LogP contribution in [-0.2, 0) is 21.2 Å². The molecule has 0 unspecified atom stereocenters. The molecule has 0 aromatic heterocycles. The molecular weight excluding hydrogens is 327 g/mol. The van der Waals surface area contributed by atoms with Gasteiger partial charge in [0.05, 0.1) is 10.5 Å². The first-order chi connectivity index (χ1) is 10.7. The lowest BCUT2D eigenvalue weighted by atomic mass is 10.1. The molecule has 1 saturated heterocycles. The Balaban J connectivity index is 2.49. The second-order valence-corrected chi connectivity index (χ2v) is 7.19. The highest BCUT2D eigenvalue weighted by Gasteiger charge is 2.43. The summed E-state index contributed by atoms with van der Waals surface area (Å²) in [7, 11) is -4.22. The predicted molar refractivity (Wildman–Crippen MR) is 79.2 cm³/mol. The topological polar surface area (TPSA) is 118 Å². The number of rotatable bonds is 5. The molecule has 1 aliphatic rings. The number of aromatic carboxylic acids is 1. The van der Waals surface area contributed by atoms with Crippen molar-refractivity contribution in [3.8, 4) is 0 Å². The highest BCUT2D eigenvalue weighted by atomic mass is 32.2. The molecule has 3 N–H and O–H groups in total. The van der Waals surface area contributed by atoms with Crippen LogP contribution in [-0.4, -0.2) is 48.5 Å². The summed E-state index contributed by atoms with van der Waals surface area (Å²) in [6.07, 6.45) is -1.37. The number of sulfonamides is 1. The van der Waals surface area contributed by atoms with E-state index in [4.69, 9.17) is 5.73 Å². The van der Waals surface area contributed by atoms with Gasteiger partial charge in [-0.1, -0.05) is 13.0 Å². The number of aryl methyl sites for hydroxylation is 1. The monoisotopic (exact) mass is 344 g/mol. The molecule has 7 nitrogen and oxygen atoms in total. The number of halogens is 1. The van der Waals surface area contributed by atoms with Gasteiger partial charge in [-0.05, 0) is 24.1 Å². The number of carbonyl (C=O) groups is 2. The highest BCUT2D eigenvalue weighted by molar-refractivity contribution is 7.89. The van der Waals surface area contributed by atoms with E-state index in [1.807, 2.05) is 0 Å². The fourth-order valence-electron chi connectivity index (χ4n) is 2.64. The minimum Gasteiger partial charge on any atom is -0.478 e. The summed E-state index contributed by atoms with van der Waals surface area (Å²) in [5.74, 6) is -2.19. The Morgan fingerprint density at radius 1 is 1.43 bits per heavy atom. The van der Waals surface area contributed by atoms with Gasteiger partial charge >= 0.3 is 5.97 Å². The maximum atomic E-state index is 13.5. The van der Waals surface area contributed by atoms with E-state index in [0.717, 1.165) is 6.07 Å². The molecule has 1 aromatic carbocycles. The molecule has 23 heavy (non-hydrogen) atoms. The van der Waals surface area contributed by atoms with Crippen LogP contribution in [0.1, 0.15) is 29.3 Å². The summed E-state index contributed by atoms with van der Waals surface area (Å²) in [5, 5.41) is 9.19. The molecule has 2 rings (SSSR count). The second kappa shape index (κ2) is 6.25. The van der Waals surface area contributed by atoms with Gasteiger partial charge in [0.15, 0.2) is 0 Å². The number of hydrogen-bond donors (Lipinski definition) is 2. The summed E-state index contributed by atoms with van der Waals surface area (Å²) in [6, 6.07) is 2.41. The Morgan fingerprint density at radius 3 is 2.61 bits per heavy atom. The molecule has 2 atom stereocenters. The summed E-state index contributed by atoms with van der Waals surface area (Å²) >= 11 is 0. The van der Waals surface area contributed by atoms with E-state index in [0.29, 0.717) is 16.3 Å². The van der Waals surface area contributed by atoms with Crippen molar-refractivity contribution in [3.63, 3.8) is 0 Å². The van der Waals surface area contributed by atoms with Crippen LogP contribution < -0.4 is 5.73 Å². The third-order valence-electron chi connectivity index (χ3n) is 3.83. The van der Waals surface area contributed by atoms with Gasteiger partial charge in [-0.15, -0.1) is 0 Å². The number of nitrogens with two attached hydrogens (primary N) is 1. The number of carbonyl (C=O) groups excluding carboxylic acids is 1. The van der Waals surface area contributed by atoms with Crippen LogP contribution in [0.25, 0.3) is 0 Å². The lowest BCUT2D eigenvalue weighted by Crippen LogP contribution is -2.43. The van der Waals surface area contributed by atoms with E-state index in [1.54, 1.807) is 6.92 Å². The number of hydrogen-bond acceptors (Lipinski definition) is 4. The Hall–Kier alpha value is -2.00. The van der Waals surface area contributed by atoms with Crippen LogP contribution in [0.15, 0.2) is 23.1 Å². The number of primary amides is 1. The van der Waals surface area contributed by atoms with Crippen molar-refractivity contribution in [3.05, 3.63) is 29.3 Å². The molecule has 1 amide bonds. The van der Waals surface area contributed by atoms with Gasteiger partial charge in [0.25, 0.3) is 0 Å². The quantitative estimate of drug-likeness (QED) is 0.808. The normalized spacial score (nSPS) is 22.2. The minimum absolute atomic E-state index is 0.139. The van der Waals surface area contributed by atoms with Crippen molar-refractivity contribution < 1.29 is 27.5 Å². The van der Waals surface area contributed by atoms with Crippen LogP contribution in [0.4, 0.5) is 4.39 Å². The lowest BCUT2D eigenvalue weighted by molar-refractivity contribution is -0.121. The van der Waals surface area contributed by atoms with Gasteiger partial charge in [-0.2, -0.15) is 4.31 Å². The van der Waals surface area contributed by atoms with Gasteiger partial charge < -0.3 is 10.8 Å². The smallest absolute Gasteiger partial charge is 0.336 e. The number of carboxylic acid groups (broad SMARTS) is 1. The van der Waals surface area contributed by atoms with Crippen molar-refractivity contribution >= 4 is 21.9 Å². The predicted octanol–water partition coefficient (Wildman–Crippen LogP) is 0.534. The van der Waals surface area contributed by atoms with Crippen molar-refractivity contribution in [1.82, 2.24) is 4.31 Å². The number of benzene rings is 1. The fraction of sp³-hybridized carbons (Fsp3) is 0.429. The molecule has 9 heteroatoms. The largest absolute Gasteiger partial charge is 0.478 e. The zero-order valence-corrected chi connectivity index (χ0v) is 13.2. The highest BCUT2D eigenvalue weighted by Crippen LogP contribution is 2.29. The van der Waals surface area contributed by atoms with Gasteiger partial charge in [0, 0.05) is 13.0 Å². The molecule has 0 saturated carbocycles. The van der Waals surface area contributed by atoms with Crippen LogP contribution in [0.3, 0.4) is 0 Å². The van der Waals surface area contributed by atoms with Crippen LogP contribution in [0.5, 0.6) is 0 Å². The first-order valence-electron chi connectivity index (χ1n) is 7.00. The van der Waals surface area contributed by atoms with Crippen molar-refractivity contribution in [2.45, 2.75) is 36.9 Å². The molecule has 1 aliphatic heterocycles. The summed E-state index contributed by atoms with van der Waals surface area (Å²) in [6.45, 7) is 1.26. The molecule has 0 aliphatic carbocycles. The summed E-state index contributed by atoms with van der Waals surface area (Å²) < 4.78 is 39.5. The van der Waals surface area contributed by atoms with Crippen LogP contribution in [0.2, 0.25) is 0 Å². The lowest BCUT2D eigenvalue weighted by Gasteiger charge is -2.21. The summed E-state index contributed by atoms with van der Waals surface area (Å²) in [4.78, 5) is 22.3. The first kappa shape index (κ1) is 17.4. The molecule has 0 bridgehead atoms. The summed E-state index contributed by atoms with van der Waals surface area (Å²) in [5.41, 5.74) is 5.48. The van der Waals surface area contributed by atoms with Crippen LogP contribution >= 0.6 is 0 Å². The van der Waals surface area contributed by atoms with Crippen LogP contribution in [0, 0.1) is 0 Å². The van der Waals surface area contributed by atoms with Gasteiger partial charge in [-0.25, -0.2) is 17.6 Å². The molecular formula is C14H17FN2O5S. The zero-order valence-electron chi connectivity index (χ0n) is 12.4. The molecule has 0 radical (unpaired) electrons. The Labute approximate surface area is 132 Å². The average Bonchev–Trinajstić information content (AvgIpc) is 2.89. The Bertz CT molecular complexity index is 750. The third kappa shape index (κ3) is 3.20. The van der Waals surface area contributed by atoms with Crippen molar-refractivity contribution in [2.24, 2.45) is 5.73 Å². The van der Waals surface area contributed by atoms with Gasteiger partial charge in [0.1, 0.15) is 12.2 Å². The minimum atomic E-state index is -4.22. The Morgan fingerprint density at radius 2 is 2.09 bits per heavy atom. The molecule has 0 spiro atoms. The number of alkyl halides is 1. The van der Waals surface area contributed by atoms with E-state index < -0.39 is 40.7 Å². The molecule has 126 valence electrons. The van der Waals surface area contributed by atoms with Gasteiger partial charge in [-0.3, -0.25) is 4.79 Å². The number of amides is 1. The zero-order chi connectivity index (χ0) is 17.4. The van der Waals surface area contributed by atoms with E-state index in [-0.39, 0.29) is 16.9 Å². The molecule has 1 aromatic rings. The standard InChI is InChI=1S/C14H17FN2O5S/c1-2-8-3-4-10(6-11(8)14(19)20)23(21,22)17-7-9(15)5-12(17)13(16)18/h3-4,6,9,12H,2,5,7H2,1H3,(H2,16,18)(H,19,20)/t9-,12+/m1/s1. The van der Waals surface area contributed by atoms with E-state index in [1.165, 1.54) is 12.1 Å². The van der Waals surface area contributed by atoms with E-state index in [9.17, 15) is 27.5 Å². The maximum Gasteiger partial charge on any atom is 0.336 e. The van der Waals surface area contributed by atoms with E-state index in [2.05, 4.69) is 0 Å². The third-order valence-corrected chi connectivity index (χ3v) is 5.70. The number of nitrogens with zero attached hydrogens (tertiary/aromatic N) is 1. The SMILES string of the molecule is CCc1ccc(S(=O)(=O)N2C[C@H](F)C[C@H]2C(N)=O)cc1C(=O)O. The number of carboxylic acids is 1. The van der Waals surface area contributed by atoms with Crippen molar-refractivity contribution in [2.75, 3.05) is 6.54 Å². The second-order valence-electron chi connectivity index (χ2n) is 5.30. The van der Waals surface area contributed by atoms with Crippen molar-refractivity contribution in [1.29, 1.82) is 0 Å².